The van der Waals surface area contributed by atoms with Crippen LogP contribution in [0, 0.1) is 40.4 Å². The molecule has 0 spiro atoms. The molecule has 4 rings (SSSR count). The quantitative estimate of drug-likeness (QED) is 0.720. The highest BCUT2D eigenvalue weighted by Gasteiger charge is 2.60. The lowest BCUT2D eigenvalue weighted by Crippen LogP contribution is -2.54. The molecule has 26 heavy (non-hydrogen) atoms. The SMILES string of the molecule is C[C@]12CC[C@H](OS(=O)(=O)O)CC1CCC1C2CC[C@@]2(C)C1CC[C@@H]2CO. The Balaban J connectivity index is 1.52. The van der Waals surface area contributed by atoms with Gasteiger partial charge in [-0.15, -0.1) is 0 Å². The molecule has 4 aliphatic carbocycles. The summed E-state index contributed by atoms with van der Waals surface area (Å²) in [5, 5.41) is 9.84. The standard InChI is InChI=1S/C20H34O5S/c1-19-9-7-15(25-26(22,23)24)11-13(19)3-5-16-17-6-4-14(12-21)20(17,2)10-8-18(16)19/h13-18,21H,3-12H2,1-2H3,(H,22,23,24)/t13?,14-,15+,16?,17?,18?,19+,20-/m1/s1. The first-order valence-corrected chi connectivity index (χ1v) is 11.8. The predicted molar refractivity (Wildman–Crippen MR) is 98.7 cm³/mol. The molecule has 4 saturated carbocycles. The van der Waals surface area contributed by atoms with Crippen LogP contribution in [0.25, 0.3) is 0 Å². The third kappa shape index (κ3) is 2.96. The summed E-state index contributed by atoms with van der Waals surface area (Å²) in [5.41, 5.74) is 0.574. The van der Waals surface area contributed by atoms with Gasteiger partial charge in [0.2, 0.25) is 0 Å². The molecule has 0 aromatic heterocycles. The second-order valence-corrected chi connectivity index (χ2v) is 11.1. The van der Waals surface area contributed by atoms with Crippen LogP contribution >= 0.6 is 0 Å². The van der Waals surface area contributed by atoms with Gasteiger partial charge in [0.25, 0.3) is 0 Å². The maximum Gasteiger partial charge on any atom is 0.397 e. The highest BCUT2D eigenvalue weighted by Crippen LogP contribution is 2.67. The fourth-order valence-corrected chi connectivity index (χ4v) is 8.41. The minimum Gasteiger partial charge on any atom is -0.396 e. The molecule has 0 heterocycles. The van der Waals surface area contributed by atoms with E-state index in [2.05, 4.69) is 13.8 Å². The number of aliphatic hydroxyl groups is 1. The van der Waals surface area contributed by atoms with Crippen molar-refractivity contribution in [1.82, 2.24) is 0 Å². The molecular formula is C20H34O5S. The molecule has 4 unspecified atom stereocenters. The van der Waals surface area contributed by atoms with Crippen LogP contribution in [0.5, 0.6) is 0 Å². The molecule has 6 heteroatoms. The van der Waals surface area contributed by atoms with Crippen LogP contribution < -0.4 is 0 Å². The monoisotopic (exact) mass is 386 g/mol. The molecule has 4 fully saturated rings. The fraction of sp³-hybridized carbons (Fsp3) is 1.00. The molecule has 5 nitrogen and oxygen atoms in total. The molecule has 0 radical (unpaired) electrons. The highest BCUT2D eigenvalue weighted by molar-refractivity contribution is 7.80. The van der Waals surface area contributed by atoms with E-state index in [0.717, 1.165) is 37.5 Å². The summed E-state index contributed by atoms with van der Waals surface area (Å²) in [5.74, 6) is 3.17. The van der Waals surface area contributed by atoms with E-state index >= 15 is 0 Å². The van der Waals surface area contributed by atoms with E-state index in [4.69, 9.17) is 8.74 Å². The Morgan fingerprint density at radius 1 is 0.962 bits per heavy atom. The second-order valence-electron chi connectivity index (χ2n) is 10.1. The van der Waals surface area contributed by atoms with Crippen molar-refractivity contribution in [2.75, 3.05) is 6.61 Å². The maximum absolute atomic E-state index is 11.1. The molecule has 0 aromatic carbocycles. The van der Waals surface area contributed by atoms with Crippen molar-refractivity contribution in [3.05, 3.63) is 0 Å². The van der Waals surface area contributed by atoms with Crippen LogP contribution in [0.3, 0.4) is 0 Å². The molecule has 2 N–H and O–H groups in total. The zero-order valence-electron chi connectivity index (χ0n) is 16.1. The first-order chi connectivity index (χ1) is 12.2. The van der Waals surface area contributed by atoms with Gasteiger partial charge in [-0.25, -0.2) is 4.18 Å². The van der Waals surface area contributed by atoms with E-state index in [1.165, 1.54) is 32.1 Å². The van der Waals surface area contributed by atoms with E-state index in [9.17, 15) is 13.5 Å². The van der Waals surface area contributed by atoms with Crippen LogP contribution in [0.15, 0.2) is 0 Å². The molecule has 0 saturated heterocycles. The van der Waals surface area contributed by atoms with E-state index in [1.54, 1.807) is 0 Å². The lowest BCUT2D eigenvalue weighted by molar-refractivity contribution is -0.126. The van der Waals surface area contributed by atoms with Gasteiger partial charge in [-0.3, -0.25) is 4.55 Å². The van der Waals surface area contributed by atoms with Crippen LogP contribution in [-0.2, 0) is 14.6 Å². The molecule has 150 valence electrons. The first kappa shape index (κ1) is 19.2. The zero-order chi connectivity index (χ0) is 18.7. The Morgan fingerprint density at radius 2 is 1.65 bits per heavy atom. The van der Waals surface area contributed by atoms with Gasteiger partial charge in [-0.05, 0) is 98.2 Å². The summed E-state index contributed by atoms with van der Waals surface area (Å²) in [6.45, 7) is 5.19. The minimum absolute atomic E-state index is 0.265. The molecular weight excluding hydrogens is 352 g/mol. The van der Waals surface area contributed by atoms with Crippen LogP contribution in [0.2, 0.25) is 0 Å². The van der Waals surface area contributed by atoms with Crippen molar-refractivity contribution >= 4 is 10.4 Å². The molecule has 0 aromatic rings. The van der Waals surface area contributed by atoms with Gasteiger partial charge in [0.15, 0.2) is 0 Å². The summed E-state index contributed by atoms with van der Waals surface area (Å²) in [7, 11) is -4.36. The fourth-order valence-electron chi connectivity index (χ4n) is 7.89. The minimum atomic E-state index is -4.36. The Labute approximate surface area is 157 Å². The normalized spacial score (nSPS) is 51.4. The van der Waals surface area contributed by atoms with Gasteiger partial charge in [0.05, 0.1) is 6.10 Å². The Hall–Kier alpha value is -0.170. The molecule has 8 atom stereocenters. The first-order valence-electron chi connectivity index (χ1n) is 10.4. The summed E-state index contributed by atoms with van der Waals surface area (Å²) in [6, 6.07) is 0. The topological polar surface area (TPSA) is 83.8 Å². The molecule has 0 aliphatic heterocycles. The van der Waals surface area contributed by atoms with Crippen molar-refractivity contribution in [1.29, 1.82) is 0 Å². The van der Waals surface area contributed by atoms with E-state index in [-0.39, 0.29) is 11.5 Å². The van der Waals surface area contributed by atoms with Crippen LogP contribution in [0.4, 0.5) is 0 Å². The highest BCUT2D eigenvalue weighted by atomic mass is 32.3. The van der Waals surface area contributed by atoms with Crippen molar-refractivity contribution in [2.45, 2.75) is 77.7 Å². The predicted octanol–water partition coefficient (Wildman–Crippen LogP) is 3.83. The Morgan fingerprint density at radius 3 is 2.35 bits per heavy atom. The smallest absolute Gasteiger partial charge is 0.396 e. The molecule has 4 aliphatic rings. The van der Waals surface area contributed by atoms with Gasteiger partial charge in [0.1, 0.15) is 0 Å². The second kappa shape index (κ2) is 6.43. The number of hydrogen-bond acceptors (Lipinski definition) is 4. The number of hydrogen-bond donors (Lipinski definition) is 2. The Bertz CT molecular complexity index is 649. The average Bonchev–Trinajstić information content (AvgIpc) is 2.90. The average molecular weight is 387 g/mol. The van der Waals surface area contributed by atoms with Crippen LogP contribution in [0.1, 0.15) is 71.6 Å². The lowest BCUT2D eigenvalue weighted by atomic mass is 9.44. The van der Waals surface area contributed by atoms with Gasteiger partial charge < -0.3 is 5.11 Å². The van der Waals surface area contributed by atoms with Gasteiger partial charge in [0, 0.05) is 6.61 Å². The van der Waals surface area contributed by atoms with Crippen molar-refractivity contribution in [3.63, 3.8) is 0 Å². The number of aliphatic hydroxyl groups excluding tert-OH is 1. The lowest BCUT2D eigenvalue weighted by Gasteiger charge is -2.61. The van der Waals surface area contributed by atoms with E-state index in [1.807, 2.05) is 0 Å². The third-order valence-corrected chi connectivity index (χ3v) is 9.81. The number of rotatable bonds is 3. The van der Waals surface area contributed by atoms with Gasteiger partial charge in [-0.2, -0.15) is 8.42 Å². The molecule has 0 bridgehead atoms. The Kier molecular flexibility index (Phi) is 4.74. The number of fused-ring (bicyclic) bond motifs is 5. The molecule has 0 amide bonds. The van der Waals surface area contributed by atoms with Gasteiger partial charge >= 0.3 is 10.4 Å². The van der Waals surface area contributed by atoms with Crippen molar-refractivity contribution < 1.29 is 22.3 Å². The van der Waals surface area contributed by atoms with E-state index < -0.39 is 10.4 Å². The summed E-state index contributed by atoms with van der Waals surface area (Å²) in [4.78, 5) is 0. The summed E-state index contributed by atoms with van der Waals surface area (Å²) < 4.78 is 36.1. The van der Waals surface area contributed by atoms with Crippen molar-refractivity contribution in [2.24, 2.45) is 40.4 Å². The summed E-state index contributed by atoms with van der Waals surface area (Å²) in [6.07, 6.45) is 9.36. The van der Waals surface area contributed by atoms with Crippen LogP contribution in [-0.4, -0.2) is 30.8 Å². The summed E-state index contributed by atoms with van der Waals surface area (Å²) >= 11 is 0. The zero-order valence-corrected chi connectivity index (χ0v) is 16.9. The maximum atomic E-state index is 11.1. The van der Waals surface area contributed by atoms with Crippen molar-refractivity contribution in [3.8, 4) is 0 Å². The van der Waals surface area contributed by atoms with Gasteiger partial charge in [-0.1, -0.05) is 13.8 Å². The third-order valence-electron chi connectivity index (χ3n) is 9.29. The largest absolute Gasteiger partial charge is 0.397 e. The van der Waals surface area contributed by atoms with E-state index in [0.29, 0.717) is 29.8 Å².